The van der Waals surface area contributed by atoms with E-state index in [2.05, 4.69) is 9.88 Å². The lowest BCUT2D eigenvalue weighted by Crippen LogP contribution is -2.32. The van der Waals surface area contributed by atoms with Crippen molar-refractivity contribution in [1.82, 2.24) is 9.88 Å². The molecule has 28 heavy (non-hydrogen) atoms. The fourth-order valence-electron chi connectivity index (χ4n) is 3.58. The number of hydrogen-bond acceptors (Lipinski definition) is 5. The lowest BCUT2D eigenvalue weighted by Gasteiger charge is -2.29. The molecule has 1 aliphatic heterocycles. The van der Waals surface area contributed by atoms with Crippen molar-refractivity contribution in [3.63, 3.8) is 0 Å². The van der Waals surface area contributed by atoms with Crippen LogP contribution in [0.1, 0.15) is 11.3 Å². The molecule has 4 aromatic rings. The summed E-state index contributed by atoms with van der Waals surface area (Å²) in [6.07, 6.45) is 1.79. The Bertz CT molecular complexity index is 1190. The number of benzene rings is 2. The van der Waals surface area contributed by atoms with Crippen LogP contribution >= 0.6 is 0 Å². The van der Waals surface area contributed by atoms with Crippen molar-refractivity contribution in [2.24, 2.45) is 0 Å². The van der Waals surface area contributed by atoms with Crippen LogP contribution in [-0.2, 0) is 13.1 Å². The first-order valence-electron chi connectivity index (χ1n) is 9.18. The molecule has 2 aromatic carbocycles. The molecule has 0 N–H and O–H groups in total. The maximum Gasteiger partial charge on any atom is 0.344 e. The molecule has 138 valence electrons. The number of fused-ring (bicyclic) bond motifs is 3. The van der Waals surface area contributed by atoms with Crippen LogP contribution in [0.15, 0.2) is 82.1 Å². The molecule has 0 aliphatic carbocycles. The molecule has 5 nitrogen and oxygen atoms in total. The fraction of sp³-hybridized carbons (Fsp3) is 0.130. The van der Waals surface area contributed by atoms with Gasteiger partial charge in [-0.3, -0.25) is 9.88 Å². The van der Waals surface area contributed by atoms with Crippen LogP contribution in [-0.4, -0.2) is 16.6 Å². The van der Waals surface area contributed by atoms with E-state index < -0.39 is 0 Å². The van der Waals surface area contributed by atoms with Gasteiger partial charge in [-0.1, -0.05) is 36.4 Å². The SMILES string of the molecule is O=c1oc2c3c(ccc2cc1-c1ccccc1)OCN(Cc1ccccn1)C3. The molecule has 0 radical (unpaired) electrons. The van der Waals surface area contributed by atoms with Crippen molar-refractivity contribution >= 4 is 11.0 Å². The largest absolute Gasteiger partial charge is 0.478 e. The highest BCUT2D eigenvalue weighted by atomic mass is 16.5. The highest BCUT2D eigenvalue weighted by molar-refractivity contribution is 5.86. The van der Waals surface area contributed by atoms with Crippen molar-refractivity contribution in [3.8, 4) is 16.9 Å². The number of rotatable bonds is 3. The van der Waals surface area contributed by atoms with Crippen LogP contribution < -0.4 is 10.4 Å². The molecular weight excluding hydrogens is 352 g/mol. The van der Waals surface area contributed by atoms with E-state index in [1.54, 1.807) is 6.20 Å². The lowest BCUT2D eigenvalue weighted by molar-refractivity contribution is 0.0878. The van der Waals surface area contributed by atoms with E-state index in [4.69, 9.17) is 9.15 Å². The van der Waals surface area contributed by atoms with Gasteiger partial charge in [-0.25, -0.2) is 4.79 Å². The predicted octanol–water partition coefficient (Wildman–Crippen LogP) is 4.21. The molecular formula is C23H18N2O3. The summed E-state index contributed by atoms with van der Waals surface area (Å²) in [6, 6.07) is 21.2. The molecule has 0 spiro atoms. The minimum atomic E-state index is -0.339. The number of ether oxygens (including phenoxy) is 1. The van der Waals surface area contributed by atoms with Crippen molar-refractivity contribution in [1.29, 1.82) is 0 Å². The second kappa shape index (κ2) is 6.94. The molecule has 1 aliphatic rings. The third kappa shape index (κ3) is 3.06. The van der Waals surface area contributed by atoms with E-state index in [1.165, 1.54) is 0 Å². The maximum atomic E-state index is 12.7. The van der Waals surface area contributed by atoms with E-state index >= 15 is 0 Å². The van der Waals surface area contributed by atoms with Gasteiger partial charge in [0.2, 0.25) is 0 Å². The quantitative estimate of drug-likeness (QED) is 0.506. The van der Waals surface area contributed by atoms with Crippen LogP contribution in [0.3, 0.4) is 0 Å². The van der Waals surface area contributed by atoms with E-state index in [0.717, 1.165) is 28.0 Å². The Labute approximate surface area is 161 Å². The van der Waals surface area contributed by atoms with Crippen molar-refractivity contribution in [3.05, 3.63) is 94.6 Å². The second-order valence-electron chi connectivity index (χ2n) is 6.86. The Morgan fingerprint density at radius 1 is 1.00 bits per heavy atom. The molecule has 3 heterocycles. The van der Waals surface area contributed by atoms with Crippen LogP contribution in [0.25, 0.3) is 22.1 Å². The van der Waals surface area contributed by atoms with Gasteiger partial charge < -0.3 is 9.15 Å². The van der Waals surface area contributed by atoms with Gasteiger partial charge in [0, 0.05) is 24.7 Å². The average Bonchev–Trinajstić information content (AvgIpc) is 2.75. The highest BCUT2D eigenvalue weighted by Gasteiger charge is 2.22. The summed E-state index contributed by atoms with van der Waals surface area (Å²) in [5, 5.41) is 0.889. The third-order valence-corrected chi connectivity index (χ3v) is 4.94. The Morgan fingerprint density at radius 2 is 1.86 bits per heavy atom. The number of pyridine rings is 1. The monoisotopic (exact) mass is 370 g/mol. The summed E-state index contributed by atoms with van der Waals surface area (Å²) >= 11 is 0. The summed E-state index contributed by atoms with van der Waals surface area (Å²) in [5.74, 6) is 0.764. The predicted molar refractivity (Wildman–Crippen MR) is 107 cm³/mol. The Balaban J connectivity index is 1.54. The highest BCUT2D eigenvalue weighted by Crippen LogP contribution is 2.33. The van der Waals surface area contributed by atoms with E-state index in [9.17, 15) is 4.79 Å². The first-order valence-corrected chi connectivity index (χ1v) is 9.18. The Morgan fingerprint density at radius 3 is 2.68 bits per heavy atom. The number of nitrogens with zero attached hydrogens (tertiary/aromatic N) is 2. The maximum absolute atomic E-state index is 12.7. The lowest BCUT2D eigenvalue weighted by atomic mass is 10.0. The van der Waals surface area contributed by atoms with Gasteiger partial charge in [-0.2, -0.15) is 0 Å². The first-order chi connectivity index (χ1) is 13.8. The summed E-state index contributed by atoms with van der Waals surface area (Å²) < 4.78 is 11.7. The Hall–Kier alpha value is -3.44. The van der Waals surface area contributed by atoms with Crippen LogP contribution in [0.5, 0.6) is 5.75 Å². The van der Waals surface area contributed by atoms with Gasteiger partial charge >= 0.3 is 5.63 Å². The Kier molecular flexibility index (Phi) is 4.14. The second-order valence-corrected chi connectivity index (χ2v) is 6.86. The molecule has 0 saturated heterocycles. The minimum Gasteiger partial charge on any atom is -0.478 e. The van der Waals surface area contributed by atoms with E-state index in [0.29, 0.717) is 31.0 Å². The molecule has 0 atom stereocenters. The van der Waals surface area contributed by atoms with Crippen LogP contribution in [0.4, 0.5) is 0 Å². The zero-order chi connectivity index (χ0) is 18.9. The molecule has 0 unspecified atom stereocenters. The van der Waals surface area contributed by atoms with Crippen LogP contribution in [0.2, 0.25) is 0 Å². The van der Waals surface area contributed by atoms with Gasteiger partial charge in [0.25, 0.3) is 0 Å². The van der Waals surface area contributed by atoms with E-state index in [1.807, 2.05) is 66.7 Å². The molecule has 0 saturated carbocycles. The summed E-state index contributed by atoms with van der Waals surface area (Å²) in [4.78, 5) is 19.2. The third-order valence-electron chi connectivity index (χ3n) is 4.94. The first kappa shape index (κ1) is 16.7. The van der Waals surface area contributed by atoms with Crippen molar-refractivity contribution in [2.75, 3.05) is 6.73 Å². The molecule has 2 aromatic heterocycles. The minimum absolute atomic E-state index is 0.339. The molecule has 0 bridgehead atoms. The van der Waals surface area contributed by atoms with Gasteiger partial charge in [0.15, 0.2) is 0 Å². The molecule has 5 rings (SSSR count). The van der Waals surface area contributed by atoms with Gasteiger partial charge in [0.1, 0.15) is 18.1 Å². The standard InChI is InChI=1S/C23H18N2O3/c26-23-19(16-6-2-1-3-7-16)12-17-9-10-21-20(22(17)28-23)14-25(15-27-21)13-18-8-4-5-11-24-18/h1-12H,13-15H2. The van der Waals surface area contributed by atoms with Gasteiger partial charge in [-0.15, -0.1) is 0 Å². The average molecular weight is 370 g/mol. The summed E-state index contributed by atoms with van der Waals surface area (Å²) in [7, 11) is 0. The number of aromatic nitrogens is 1. The summed E-state index contributed by atoms with van der Waals surface area (Å²) in [6.45, 7) is 1.78. The van der Waals surface area contributed by atoms with Gasteiger partial charge in [-0.05, 0) is 35.9 Å². The normalized spacial score (nSPS) is 13.9. The molecule has 0 amide bonds. The smallest absolute Gasteiger partial charge is 0.344 e. The zero-order valence-corrected chi connectivity index (χ0v) is 15.2. The van der Waals surface area contributed by atoms with Gasteiger partial charge in [0.05, 0.1) is 16.8 Å². The zero-order valence-electron chi connectivity index (χ0n) is 15.2. The van der Waals surface area contributed by atoms with E-state index in [-0.39, 0.29) is 5.63 Å². The topological polar surface area (TPSA) is 55.6 Å². The van der Waals surface area contributed by atoms with Crippen LogP contribution in [0, 0.1) is 0 Å². The molecule has 5 heteroatoms. The fourth-order valence-corrected chi connectivity index (χ4v) is 3.58. The van der Waals surface area contributed by atoms with Crippen molar-refractivity contribution < 1.29 is 9.15 Å². The number of hydrogen-bond donors (Lipinski definition) is 0. The molecule has 0 fully saturated rings. The summed E-state index contributed by atoms with van der Waals surface area (Å²) in [5.41, 5.74) is 3.54. The van der Waals surface area contributed by atoms with Crippen molar-refractivity contribution in [2.45, 2.75) is 13.1 Å².